The standard InChI is InChI=1S/C14H23N3O2/c1-2-17-8-3-5-12(17)10-16-7-4-6-14(19,11-16)9-13(15)18/h3,5,8,19H,2,4,6-7,9-11H2,1H3,(H2,15,18). The predicted molar refractivity (Wildman–Crippen MR) is 73.4 cm³/mol. The number of likely N-dealkylation sites (tertiary alicyclic amines) is 1. The monoisotopic (exact) mass is 265 g/mol. The van der Waals surface area contributed by atoms with Gasteiger partial charge in [-0.05, 0) is 38.4 Å². The van der Waals surface area contributed by atoms with Crippen LogP contribution < -0.4 is 5.73 Å². The van der Waals surface area contributed by atoms with Crippen molar-refractivity contribution in [3.8, 4) is 0 Å². The largest absolute Gasteiger partial charge is 0.388 e. The average Bonchev–Trinajstić information content (AvgIpc) is 2.74. The van der Waals surface area contributed by atoms with E-state index in [0.29, 0.717) is 13.0 Å². The van der Waals surface area contributed by atoms with Crippen LogP contribution >= 0.6 is 0 Å². The Labute approximate surface area is 114 Å². The molecule has 2 heterocycles. The number of hydrogen-bond donors (Lipinski definition) is 2. The maximum absolute atomic E-state index is 11.0. The SMILES string of the molecule is CCn1cccc1CN1CCCC(O)(CC(N)=O)C1. The Kier molecular flexibility index (Phi) is 4.27. The minimum absolute atomic E-state index is 0.0539. The number of primary amides is 1. The highest BCUT2D eigenvalue weighted by molar-refractivity contribution is 5.75. The number of amides is 1. The van der Waals surface area contributed by atoms with Gasteiger partial charge in [0.25, 0.3) is 0 Å². The first-order chi connectivity index (χ1) is 9.02. The van der Waals surface area contributed by atoms with Crippen molar-refractivity contribution >= 4 is 5.91 Å². The van der Waals surface area contributed by atoms with Crippen molar-refractivity contribution in [2.75, 3.05) is 13.1 Å². The van der Waals surface area contributed by atoms with Gasteiger partial charge in [0.15, 0.2) is 0 Å². The van der Waals surface area contributed by atoms with Gasteiger partial charge in [-0.3, -0.25) is 9.69 Å². The Bertz CT molecular complexity index is 444. The lowest BCUT2D eigenvalue weighted by Crippen LogP contribution is -2.49. The predicted octanol–water partition coefficient (Wildman–Crippen LogP) is 0.710. The molecular formula is C14H23N3O2. The van der Waals surface area contributed by atoms with Gasteiger partial charge in [0, 0.05) is 31.5 Å². The number of nitrogens with two attached hydrogens (primary N) is 1. The lowest BCUT2D eigenvalue weighted by atomic mass is 9.89. The van der Waals surface area contributed by atoms with Gasteiger partial charge in [-0.1, -0.05) is 0 Å². The van der Waals surface area contributed by atoms with Crippen LogP contribution in [0.5, 0.6) is 0 Å². The van der Waals surface area contributed by atoms with E-state index in [2.05, 4.69) is 28.7 Å². The van der Waals surface area contributed by atoms with E-state index < -0.39 is 11.5 Å². The summed E-state index contributed by atoms with van der Waals surface area (Å²) in [5.41, 5.74) is 5.50. The fourth-order valence-electron chi connectivity index (χ4n) is 2.94. The number of aromatic nitrogens is 1. The number of hydrogen-bond acceptors (Lipinski definition) is 3. The van der Waals surface area contributed by atoms with Crippen LogP contribution in [0.3, 0.4) is 0 Å². The molecule has 1 aromatic heterocycles. The van der Waals surface area contributed by atoms with Gasteiger partial charge in [0.2, 0.25) is 5.91 Å². The molecule has 1 amide bonds. The summed E-state index contributed by atoms with van der Waals surface area (Å²) in [6, 6.07) is 4.14. The summed E-state index contributed by atoms with van der Waals surface area (Å²) in [7, 11) is 0. The van der Waals surface area contributed by atoms with Crippen molar-refractivity contribution in [1.82, 2.24) is 9.47 Å². The van der Waals surface area contributed by atoms with Crippen LogP contribution in [0.15, 0.2) is 18.3 Å². The van der Waals surface area contributed by atoms with Gasteiger partial charge in [0.1, 0.15) is 0 Å². The van der Waals surface area contributed by atoms with Crippen LogP contribution in [0.25, 0.3) is 0 Å². The molecule has 5 heteroatoms. The Morgan fingerprint density at radius 2 is 2.37 bits per heavy atom. The van der Waals surface area contributed by atoms with Crippen LogP contribution in [0, 0.1) is 0 Å². The molecule has 0 saturated carbocycles. The number of piperidine rings is 1. The number of rotatable bonds is 5. The summed E-state index contributed by atoms with van der Waals surface area (Å²) in [6.07, 6.45) is 3.67. The zero-order chi connectivity index (χ0) is 13.9. The number of nitrogens with zero attached hydrogens (tertiary/aromatic N) is 2. The van der Waals surface area contributed by atoms with E-state index in [4.69, 9.17) is 5.73 Å². The van der Waals surface area contributed by atoms with Crippen molar-refractivity contribution < 1.29 is 9.90 Å². The zero-order valence-electron chi connectivity index (χ0n) is 11.5. The summed E-state index contributed by atoms with van der Waals surface area (Å²) < 4.78 is 2.20. The third kappa shape index (κ3) is 3.58. The molecule has 1 aliphatic heterocycles. The normalized spacial score (nSPS) is 24.5. The van der Waals surface area contributed by atoms with E-state index in [1.54, 1.807) is 0 Å². The van der Waals surface area contributed by atoms with Gasteiger partial charge < -0.3 is 15.4 Å². The van der Waals surface area contributed by atoms with E-state index in [1.807, 2.05) is 6.07 Å². The van der Waals surface area contributed by atoms with Crippen LogP contribution in [-0.4, -0.2) is 39.2 Å². The quantitative estimate of drug-likeness (QED) is 0.823. The van der Waals surface area contributed by atoms with Crippen LogP contribution in [-0.2, 0) is 17.9 Å². The van der Waals surface area contributed by atoms with Crippen molar-refractivity contribution in [2.45, 2.75) is 44.9 Å². The third-order valence-corrected chi connectivity index (χ3v) is 3.79. The minimum atomic E-state index is -0.951. The topological polar surface area (TPSA) is 71.5 Å². The Morgan fingerprint density at radius 3 is 3.05 bits per heavy atom. The summed E-state index contributed by atoms with van der Waals surface area (Å²) in [4.78, 5) is 13.2. The second kappa shape index (κ2) is 5.75. The fraction of sp³-hybridized carbons (Fsp3) is 0.643. The first-order valence-electron chi connectivity index (χ1n) is 6.89. The van der Waals surface area contributed by atoms with Crippen LogP contribution in [0.4, 0.5) is 0 Å². The highest BCUT2D eigenvalue weighted by Crippen LogP contribution is 2.25. The summed E-state index contributed by atoms with van der Waals surface area (Å²) >= 11 is 0. The number of β-amino-alcohol motifs (C(OH)–C–C–N with tert-alkyl or cyclic N) is 1. The number of aliphatic hydroxyl groups is 1. The molecule has 19 heavy (non-hydrogen) atoms. The van der Waals surface area contributed by atoms with E-state index >= 15 is 0 Å². The highest BCUT2D eigenvalue weighted by atomic mass is 16.3. The van der Waals surface area contributed by atoms with Gasteiger partial charge in [-0.15, -0.1) is 0 Å². The maximum atomic E-state index is 11.0. The number of carbonyl (C=O) groups excluding carboxylic acids is 1. The zero-order valence-corrected chi connectivity index (χ0v) is 11.5. The second-order valence-corrected chi connectivity index (χ2v) is 5.47. The highest BCUT2D eigenvalue weighted by Gasteiger charge is 2.34. The molecule has 0 aliphatic carbocycles. The molecule has 1 fully saturated rings. The van der Waals surface area contributed by atoms with Gasteiger partial charge in [0.05, 0.1) is 12.0 Å². The lowest BCUT2D eigenvalue weighted by Gasteiger charge is -2.38. The van der Waals surface area contributed by atoms with E-state index in [9.17, 15) is 9.90 Å². The minimum Gasteiger partial charge on any atom is -0.388 e. The molecule has 0 aromatic carbocycles. The first-order valence-corrected chi connectivity index (χ1v) is 6.89. The van der Waals surface area contributed by atoms with Crippen molar-refractivity contribution in [1.29, 1.82) is 0 Å². The smallest absolute Gasteiger partial charge is 0.220 e. The molecule has 3 N–H and O–H groups in total. The molecule has 5 nitrogen and oxygen atoms in total. The summed E-state index contributed by atoms with van der Waals surface area (Å²) in [5, 5.41) is 10.4. The van der Waals surface area contributed by atoms with Crippen LogP contribution in [0.2, 0.25) is 0 Å². The van der Waals surface area contributed by atoms with E-state index in [0.717, 1.165) is 26.1 Å². The number of carbonyl (C=O) groups is 1. The average molecular weight is 265 g/mol. The van der Waals surface area contributed by atoms with E-state index in [1.165, 1.54) is 5.69 Å². The van der Waals surface area contributed by atoms with Crippen molar-refractivity contribution in [3.05, 3.63) is 24.0 Å². The summed E-state index contributed by atoms with van der Waals surface area (Å²) in [6.45, 7) is 5.34. The van der Waals surface area contributed by atoms with Gasteiger partial charge >= 0.3 is 0 Å². The van der Waals surface area contributed by atoms with Crippen molar-refractivity contribution in [2.24, 2.45) is 5.73 Å². The van der Waals surface area contributed by atoms with Gasteiger partial charge in [-0.2, -0.15) is 0 Å². The molecule has 1 saturated heterocycles. The molecular weight excluding hydrogens is 242 g/mol. The number of aryl methyl sites for hydroxylation is 1. The maximum Gasteiger partial charge on any atom is 0.220 e. The molecule has 106 valence electrons. The molecule has 2 rings (SSSR count). The molecule has 1 unspecified atom stereocenters. The van der Waals surface area contributed by atoms with Crippen molar-refractivity contribution in [3.63, 3.8) is 0 Å². The molecule has 1 aliphatic rings. The molecule has 0 bridgehead atoms. The molecule has 0 radical (unpaired) electrons. The van der Waals surface area contributed by atoms with Crippen LogP contribution in [0.1, 0.15) is 31.9 Å². The third-order valence-electron chi connectivity index (χ3n) is 3.79. The summed E-state index contributed by atoms with van der Waals surface area (Å²) in [5.74, 6) is -0.429. The fourth-order valence-corrected chi connectivity index (χ4v) is 2.94. The Balaban J connectivity index is 1.99. The molecule has 0 spiro atoms. The Hall–Kier alpha value is -1.33. The van der Waals surface area contributed by atoms with Gasteiger partial charge in [-0.25, -0.2) is 0 Å². The molecule has 1 atom stereocenters. The molecule has 1 aromatic rings. The second-order valence-electron chi connectivity index (χ2n) is 5.47. The lowest BCUT2D eigenvalue weighted by molar-refractivity contribution is -0.125. The first kappa shape index (κ1) is 14.1. The Morgan fingerprint density at radius 1 is 1.58 bits per heavy atom. The van der Waals surface area contributed by atoms with E-state index in [-0.39, 0.29) is 6.42 Å².